The number of rotatable bonds is 4. The van der Waals surface area contributed by atoms with Gasteiger partial charge in [-0.3, -0.25) is 0 Å². The lowest BCUT2D eigenvalue weighted by Gasteiger charge is -2.09. The first-order valence-electron chi connectivity index (χ1n) is 6.61. The monoisotopic (exact) mass is 301 g/mol. The van der Waals surface area contributed by atoms with E-state index in [0.717, 1.165) is 17.4 Å². The molecule has 0 aliphatic rings. The van der Waals surface area contributed by atoms with Crippen LogP contribution in [0.15, 0.2) is 48.8 Å². The van der Waals surface area contributed by atoms with Crippen LogP contribution in [-0.2, 0) is 6.42 Å². The summed E-state index contributed by atoms with van der Waals surface area (Å²) < 4.78 is 13.8. The Balaban J connectivity index is 1.75. The van der Waals surface area contributed by atoms with Crippen LogP contribution < -0.4 is 5.32 Å². The third kappa shape index (κ3) is 3.11. The minimum Gasteiger partial charge on any atom is -0.370 e. The summed E-state index contributed by atoms with van der Waals surface area (Å²) in [5.74, 6) is 0.492. The van der Waals surface area contributed by atoms with Crippen LogP contribution in [0.2, 0.25) is 5.15 Å². The van der Waals surface area contributed by atoms with Crippen LogP contribution in [0.5, 0.6) is 0 Å². The summed E-state index contributed by atoms with van der Waals surface area (Å²) in [6.45, 7) is 0.684. The molecule has 0 fully saturated rings. The summed E-state index contributed by atoms with van der Waals surface area (Å²) in [7, 11) is 0. The number of fused-ring (bicyclic) bond motifs is 1. The molecule has 21 heavy (non-hydrogen) atoms. The minimum absolute atomic E-state index is 0.190. The van der Waals surface area contributed by atoms with Crippen molar-refractivity contribution in [2.24, 2.45) is 0 Å². The van der Waals surface area contributed by atoms with Crippen molar-refractivity contribution in [3.63, 3.8) is 0 Å². The lowest BCUT2D eigenvalue weighted by atomic mass is 10.0. The standard InChI is InChI=1S/C16H13ClFN3/c17-15-9-16(21-10-20-15)19-8-7-11-5-6-14(18)13-4-2-1-3-12(11)13/h1-6,9-10H,7-8H2,(H,19,20,21). The average Bonchev–Trinajstić information content (AvgIpc) is 2.50. The quantitative estimate of drug-likeness (QED) is 0.738. The van der Waals surface area contributed by atoms with Gasteiger partial charge in [-0.25, -0.2) is 14.4 Å². The van der Waals surface area contributed by atoms with Gasteiger partial charge in [-0.1, -0.05) is 41.9 Å². The van der Waals surface area contributed by atoms with Crippen LogP contribution in [0.4, 0.5) is 10.2 Å². The molecule has 5 heteroatoms. The van der Waals surface area contributed by atoms with Crippen LogP contribution in [0.25, 0.3) is 10.8 Å². The summed E-state index contributed by atoms with van der Waals surface area (Å²) in [5, 5.41) is 5.18. The largest absolute Gasteiger partial charge is 0.370 e. The first kappa shape index (κ1) is 13.8. The Morgan fingerprint density at radius 2 is 1.86 bits per heavy atom. The van der Waals surface area contributed by atoms with Gasteiger partial charge in [0.15, 0.2) is 0 Å². The molecule has 0 saturated heterocycles. The van der Waals surface area contributed by atoms with Crippen LogP contribution in [0.1, 0.15) is 5.56 Å². The molecule has 1 heterocycles. The van der Waals surface area contributed by atoms with E-state index < -0.39 is 0 Å². The number of hydrogen-bond donors (Lipinski definition) is 1. The summed E-state index contributed by atoms with van der Waals surface area (Å²) in [6.07, 6.45) is 2.18. The topological polar surface area (TPSA) is 37.8 Å². The molecular formula is C16H13ClFN3. The minimum atomic E-state index is -0.190. The van der Waals surface area contributed by atoms with Crippen molar-refractivity contribution < 1.29 is 4.39 Å². The van der Waals surface area contributed by atoms with Gasteiger partial charge in [-0.05, 0) is 23.4 Å². The van der Waals surface area contributed by atoms with Gasteiger partial charge in [0.2, 0.25) is 0 Å². The number of anilines is 1. The first-order chi connectivity index (χ1) is 10.2. The Labute approximate surface area is 126 Å². The predicted octanol–water partition coefficient (Wildman–Crippen LogP) is 4.08. The van der Waals surface area contributed by atoms with Crippen molar-refractivity contribution >= 4 is 28.2 Å². The number of benzene rings is 2. The van der Waals surface area contributed by atoms with Crippen LogP contribution in [0, 0.1) is 5.82 Å². The molecule has 0 saturated carbocycles. The maximum absolute atomic E-state index is 13.8. The number of halogens is 2. The fraction of sp³-hybridized carbons (Fsp3) is 0.125. The van der Waals surface area contributed by atoms with E-state index in [-0.39, 0.29) is 5.82 Å². The van der Waals surface area contributed by atoms with Gasteiger partial charge in [0.1, 0.15) is 23.1 Å². The van der Waals surface area contributed by atoms with Gasteiger partial charge in [-0.15, -0.1) is 0 Å². The Morgan fingerprint density at radius 1 is 1.05 bits per heavy atom. The van der Waals surface area contributed by atoms with Gasteiger partial charge in [-0.2, -0.15) is 0 Å². The smallest absolute Gasteiger partial charge is 0.134 e. The molecule has 0 spiro atoms. The zero-order valence-electron chi connectivity index (χ0n) is 11.2. The SMILES string of the molecule is Fc1ccc(CCNc2cc(Cl)ncn2)c2ccccc12. The van der Waals surface area contributed by atoms with Crippen molar-refractivity contribution in [2.75, 3.05) is 11.9 Å². The molecule has 0 radical (unpaired) electrons. The third-order valence-corrected chi connectivity index (χ3v) is 3.50. The molecule has 1 N–H and O–H groups in total. The molecule has 106 valence electrons. The van der Waals surface area contributed by atoms with E-state index in [0.29, 0.717) is 22.9 Å². The molecule has 0 unspecified atom stereocenters. The van der Waals surface area contributed by atoms with Crippen LogP contribution >= 0.6 is 11.6 Å². The molecule has 3 rings (SSSR count). The Morgan fingerprint density at radius 3 is 2.67 bits per heavy atom. The Hall–Kier alpha value is -2.20. The highest BCUT2D eigenvalue weighted by Gasteiger charge is 2.05. The molecular weight excluding hydrogens is 289 g/mol. The second-order valence-corrected chi connectivity index (χ2v) is 5.04. The molecule has 3 aromatic rings. The summed E-state index contributed by atoms with van der Waals surface area (Å²) in [4.78, 5) is 7.91. The highest BCUT2D eigenvalue weighted by molar-refractivity contribution is 6.29. The lowest BCUT2D eigenvalue weighted by molar-refractivity contribution is 0.639. The normalized spacial score (nSPS) is 10.8. The van der Waals surface area contributed by atoms with Crippen molar-refractivity contribution in [1.29, 1.82) is 0 Å². The van der Waals surface area contributed by atoms with E-state index in [2.05, 4.69) is 15.3 Å². The second kappa shape index (κ2) is 6.06. The first-order valence-corrected chi connectivity index (χ1v) is 6.99. The third-order valence-electron chi connectivity index (χ3n) is 3.30. The molecule has 0 bridgehead atoms. The number of aromatic nitrogens is 2. The zero-order chi connectivity index (χ0) is 14.7. The Kier molecular flexibility index (Phi) is 3.97. The lowest BCUT2D eigenvalue weighted by Crippen LogP contribution is -2.07. The van der Waals surface area contributed by atoms with Crippen molar-refractivity contribution in [3.8, 4) is 0 Å². The molecule has 0 aliphatic carbocycles. The van der Waals surface area contributed by atoms with E-state index in [1.807, 2.05) is 24.3 Å². The highest BCUT2D eigenvalue weighted by Crippen LogP contribution is 2.22. The maximum Gasteiger partial charge on any atom is 0.134 e. The Bertz CT molecular complexity index is 776. The van der Waals surface area contributed by atoms with Crippen molar-refractivity contribution in [1.82, 2.24) is 9.97 Å². The predicted molar refractivity (Wildman–Crippen MR) is 83.1 cm³/mol. The molecule has 0 atom stereocenters. The highest BCUT2D eigenvalue weighted by atomic mass is 35.5. The summed E-state index contributed by atoms with van der Waals surface area (Å²) >= 11 is 5.80. The van der Waals surface area contributed by atoms with Crippen LogP contribution in [-0.4, -0.2) is 16.5 Å². The van der Waals surface area contributed by atoms with E-state index in [1.54, 1.807) is 12.1 Å². The molecule has 1 aromatic heterocycles. The van der Waals surface area contributed by atoms with Gasteiger partial charge >= 0.3 is 0 Å². The number of nitrogens with zero attached hydrogens (tertiary/aromatic N) is 2. The van der Waals surface area contributed by atoms with E-state index >= 15 is 0 Å². The van der Waals surface area contributed by atoms with Gasteiger partial charge in [0.25, 0.3) is 0 Å². The van der Waals surface area contributed by atoms with E-state index in [9.17, 15) is 4.39 Å². The van der Waals surface area contributed by atoms with Crippen molar-refractivity contribution in [2.45, 2.75) is 6.42 Å². The fourth-order valence-electron chi connectivity index (χ4n) is 2.30. The number of hydrogen-bond acceptors (Lipinski definition) is 3. The second-order valence-electron chi connectivity index (χ2n) is 4.65. The molecule has 2 aromatic carbocycles. The van der Waals surface area contributed by atoms with Crippen LogP contribution in [0.3, 0.4) is 0 Å². The zero-order valence-corrected chi connectivity index (χ0v) is 11.9. The van der Waals surface area contributed by atoms with Gasteiger partial charge < -0.3 is 5.32 Å². The fourth-order valence-corrected chi connectivity index (χ4v) is 2.45. The maximum atomic E-state index is 13.8. The molecule has 0 aliphatic heterocycles. The molecule has 0 amide bonds. The van der Waals surface area contributed by atoms with E-state index in [4.69, 9.17) is 11.6 Å². The average molecular weight is 302 g/mol. The van der Waals surface area contributed by atoms with Gasteiger partial charge in [0.05, 0.1) is 0 Å². The molecule has 3 nitrogen and oxygen atoms in total. The van der Waals surface area contributed by atoms with Crippen molar-refractivity contribution in [3.05, 3.63) is 65.3 Å². The number of nitrogens with one attached hydrogen (secondary N) is 1. The summed E-state index contributed by atoms with van der Waals surface area (Å²) in [6, 6.07) is 12.5. The summed E-state index contributed by atoms with van der Waals surface area (Å²) in [5.41, 5.74) is 1.10. The van der Waals surface area contributed by atoms with Gasteiger partial charge in [0, 0.05) is 18.0 Å². The van der Waals surface area contributed by atoms with E-state index in [1.165, 1.54) is 12.4 Å².